The molecule has 23 heavy (non-hydrogen) atoms. The molecule has 2 heterocycles. The summed E-state index contributed by atoms with van der Waals surface area (Å²) in [6.45, 7) is 0.924. The van der Waals surface area contributed by atoms with Gasteiger partial charge in [-0.05, 0) is 24.6 Å². The van der Waals surface area contributed by atoms with Crippen LogP contribution in [0.4, 0.5) is 10.5 Å². The minimum atomic E-state index is -0.228. The van der Waals surface area contributed by atoms with Crippen LogP contribution in [-0.2, 0) is 9.53 Å². The molecule has 0 aromatic heterocycles. The summed E-state index contributed by atoms with van der Waals surface area (Å²) in [5.74, 6) is -0.103. The fourth-order valence-electron chi connectivity index (χ4n) is 3.18. The van der Waals surface area contributed by atoms with E-state index < -0.39 is 0 Å². The molecule has 6 nitrogen and oxygen atoms in total. The summed E-state index contributed by atoms with van der Waals surface area (Å²) in [7, 11) is 3.49. The molecular formula is C16H20ClN3O3. The number of carbonyl (C=O) groups excluding carboxylic acids is 2. The Morgan fingerprint density at radius 3 is 2.83 bits per heavy atom. The Labute approximate surface area is 140 Å². The van der Waals surface area contributed by atoms with Crippen molar-refractivity contribution >= 4 is 29.2 Å². The molecule has 2 fully saturated rings. The number of amides is 3. The molecule has 0 unspecified atom stereocenters. The van der Waals surface area contributed by atoms with Gasteiger partial charge in [0.15, 0.2) is 0 Å². The highest BCUT2D eigenvalue weighted by Crippen LogP contribution is 2.33. The topological polar surface area (TPSA) is 61.9 Å². The van der Waals surface area contributed by atoms with Crippen molar-refractivity contribution in [3.05, 3.63) is 29.3 Å². The molecule has 0 aliphatic carbocycles. The van der Waals surface area contributed by atoms with Gasteiger partial charge in [0.05, 0.1) is 18.1 Å². The molecule has 0 spiro atoms. The van der Waals surface area contributed by atoms with E-state index in [1.54, 1.807) is 48.2 Å². The van der Waals surface area contributed by atoms with Crippen LogP contribution in [0.25, 0.3) is 0 Å². The Morgan fingerprint density at radius 1 is 1.35 bits per heavy atom. The molecular weight excluding hydrogens is 318 g/mol. The average molecular weight is 338 g/mol. The lowest BCUT2D eigenvalue weighted by Gasteiger charge is -2.33. The number of likely N-dealkylation sites (tertiary alicyclic amines) is 1. The molecule has 2 saturated heterocycles. The Bertz CT molecular complexity index is 622. The monoisotopic (exact) mass is 337 g/mol. The molecule has 2 aliphatic rings. The maximum atomic E-state index is 12.4. The van der Waals surface area contributed by atoms with Gasteiger partial charge in [-0.1, -0.05) is 17.7 Å². The fourth-order valence-corrected chi connectivity index (χ4v) is 3.37. The number of rotatable bonds is 2. The zero-order valence-corrected chi connectivity index (χ0v) is 13.9. The largest absolute Gasteiger partial charge is 0.370 e. The Kier molecular flexibility index (Phi) is 4.46. The van der Waals surface area contributed by atoms with Gasteiger partial charge in [-0.15, -0.1) is 0 Å². The highest BCUT2D eigenvalue weighted by molar-refractivity contribution is 6.30. The number of morpholine rings is 1. The molecule has 2 aliphatic heterocycles. The second-order valence-corrected chi connectivity index (χ2v) is 6.65. The van der Waals surface area contributed by atoms with Crippen molar-refractivity contribution < 1.29 is 14.3 Å². The Balaban J connectivity index is 1.65. The summed E-state index contributed by atoms with van der Waals surface area (Å²) in [5, 5.41) is 3.41. The normalized spacial score (nSPS) is 26.0. The minimum absolute atomic E-state index is 0.0644. The number of nitrogens with zero attached hydrogens (tertiary/aromatic N) is 2. The van der Waals surface area contributed by atoms with Crippen LogP contribution in [0.5, 0.6) is 0 Å². The standard InChI is InChI=1S/C16H20ClN3O3/c1-19(2)15(21)13-7-12-8-20(9-14(13)23-12)16(22)18-11-5-3-4-10(17)6-11/h3-6,12-14H,7-9H2,1-2H3,(H,18,22)/t12-,13+,14-/m1/s1. The first kappa shape index (κ1) is 16.1. The van der Waals surface area contributed by atoms with Gasteiger partial charge in [0.25, 0.3) is 0 Å². The zero-order valence-electron chi connectivity index (χ0n) is 13.2. The number of urea groups is 1. The predicted octanol–water partition coefficient (Wildman–Crippen LogP) is 2.05. The van der Waals surface area contributed by atoms with Crippen molar-refractivity contribution in [2.24, 2.45) is 5.92 Å². The van der Waals surface area contributed by atoms with Crippen molar-refractivity contribution in [2.75, 3.05) is 32.5 Å². The van der Waals surface area contributed by atoms with E-state index in [0.717, 1.165) is 0 Å². The van der Waals surface area contributed by atoms with Crippen molar-refractivity contribution in [2.45, 2.75) is 18.6 Å². The van der Waals surface area contributed by atoms with E-state index in [0.29, 0.717) is 30.2 Å². The van der Waals surface area contributed by atoms with Crippen LogP contribution in [-0.4, -0.2) is 61.1 Å². The SMILES string of the molecule is CN(C)C(=O)[C@H]1C[C@@H]2CN(C(=O)Nc3cccc(Cl)c3)C[C@H]1O2. The molecule has 1 aromatic rings. The van der Waals surface area contributed by atoms with Crippen molar-refractivity contribution in [3.63, 3.8) is 0 Å². The number of anilines is 1. The van der Waals surface area contributed by atoms with E-state index in [9.17, 15) is 9.59 Å². The molecule has 3 atom stereocenters. The first-order chi connectivity index (χ1) is 10.9. The van der Waals surface area contributed by atoms with Gasteiger partial charge in [-0.2, -0.15) is 0 Å². The van der Waals surface area contributed by atoms with E-state index in [-0.39, 0.29) is 30.1 Å². The second kappa shape index (κ2) is 6.37. The maximum Gasteiger partial charge on any atom is 0.322 e. The summed E-state index contributed by atoms with van der Waals surface area (Å²) < 4.78 is 5.84. The van der Waals surface area contributed by atoms with Gasteiger partial charge in [-0.3, -0.25) is 4.79 Å². The molecule has 0 radical (unpaired) electrons. The second-order valence-electron chi connectivity index (χ2n) is 6.22. The summed E-state index contributed by atoms with van der Waals surface area (Å²) >= 11 is 5.93. The van der Waals surface area contributed by atoms with Crippen LogP contribution in [0.1, 0.15) is 6.42 Å². The predicted molar refractivity (Wildman–Crippen MR) is 87.5 cm³/mol. The Morgan fingerprint density at radius 2 is 2.13 bits per heavy atom. The molecule has 7 heteroatoms. The highest BCUT2D eigenvalue weighted by atomic mass is 35.5. The zero-order chi connectivity index (χ0) is 16.6. The Hall–Kier alpha value is -1.79. The number of hydrogen-bond donors (Lipinski definition) is 1. The molecule has 1 N–H and O–H groups in total. The number of benzene rings is 1. The van der Waals surface area contributed by atoms with E-state index in [1.165, 1.54) is 0 Å². The minimum Gasteiger partial charge on any atom is -0.370 e. The molecule has 2 bridgehead atoms. The number of carbonyl (C=O) groups is 2. The third kappa shape index (κ3) is 3.43. The van der Waals surface area contributed by atoms with Gasteiger partial charge in [0.1, 0.15) is 0 Å². The van der Waals surface area contributed by atoms with Crippen LogP contribution >= 0.6 is 11.6 Å². The van der Waals surface area contributed by atoms with E-state index in [4.69, 9.17) is 16.3 Å². The lowest BCUT2D eigenvalue weighted by atomic mass is 9.99. The van der Waals surface area contributed by atoms with Gasteiger partial charge in [0.2, 0.25) is 5.91 Å². The van der Waals surface area contributed by atoms with Gasteiger partial charge >= 0.3 is 6.03 Å². The smallest absolute Gasteiger partial charge is 0.322 e. The molecule has 1 aromatic carbocycles. The molecule has 3 amide bonds. The number of hydrogen-bond acceptors (Lipinski definition) is 3. The fraction of sp³-hybridized carbons (Fsp3) is 0.500. The number of fused-ring (bicyclic) bond motifs is 2. The van der Waals surface area contributed by atoms with Gasteiger partial charge < -0.3 is 19.9 Å². The first-order valence-corrected chi connectivity index (χ1v) is 8.00. The van der Waals surface area contributed by atoms with Crippen molar-refractivity contribution in [1.82, 2.24) is 9.80 Å². The van der Waals surface area contributed by atoms with E-state index >= 15 is 0 Å². The van der Waals surface area contributed by atoms with E-state index in [2.05, 4.69) is 5.32 Å². The summed E-state index contributed by atoms with van der Waals surface area (Å²) in [6.07, 6.45) is 0.365. The lowest BCUT2D eigenvalue weighted by Crippen LogP contribution is -2.49. The van der Waals surface area contributed by atoms with Crippen LogP contribution < -0.4 is 5.32 Å². The molecule has 0 saturated carbocycles. The number of nitrogens with one attached hydrogen (secondary N) is 1. The average Bonchev–Trinajstić information content (AvgIpc) is 2.80. The van der Waals surface area contributed by atoms with Gasteiger partial charge in [0, 0.05) is 37.9 Å². The van der Waals surface area contributed by atoms with Crippen LogP contribution in [0.2, 0.25) is 5.02 Å². The van der Waals surface area contributed by atoms with Crippen molar-refractivity contribution in [1.29, 1.82) is 0 Å². The van der Waals surface area contributed by atoms with Gasteiger partial charge in [-0.25, -0.2) is 4.79 Å². The summed E-state index contributed by atoms with van der Waals surface area (Å²) in [4.78, 5) is 27.9. The molecule has 124 valence electrons. The van der Waals surface area contributed by atoms with Crippen molar-refractivity contribution in [3.8, 4) is 0 Å². The third-order valence-electron chi connectivity index (χ3n) is 4.28. The van der Waals surface area contributed by atoms with Crippen LogP contribution in [0, 0.1) is 5.92 Å². The lowest BCUT2D eigenvalue weighted by molar-refractivity contribution is -0.135. The van der Waals surface area contributed by atoms with Crippen LogP contribution in [0.15, 0.2) is 24.3 Å². The number of ether oxygens (including phenoxy) is 1. The van der Waals surface area contributed by atoms with E-state index in [1.807, 2.05) is 0 Å². The highest BCUT2D eigenvalue weighted by Gasteiger charge is 2.46. The maximum absolute atomic E-state index is 12.4. The third-order valence-corrected chi connectivity index (χ3v) is 4.51. The summed E-state index contributed by atoms with van der Waals surface area (Å²) in [6, 6.07) is 6.84. The van der Waals surface area contributed by atoms with Crippen LogP contribution in [0.3, 0.4) is 0 Å². The number of halogens is 1. The molecule has 3 rings (SSSR count). The summed E-state index contributed by atoms with van der Waals surface area (Å²) in [5.41, 5.74) is 0.655. The quantitative estimate of drug-likeness (QED) is 0.898. The first-order valence-electron chi connectivity index (χ1n) is 7.62.